The number of hydrogen-bond acceptors (Lipinski definition) is 5. The van der Waals surface area contributed by atoms with E-state index in [-0.39, 0.29) is 5.76 Å². The molecule has 36 heavy (non-hydrogen) atoms. The number of rotatable bonds is 8. The third-order valence-electron chi connectivity index (χ3n) is 5.57. The molecule has 0 radical (unpaired) electrons. The molecule has 0 saturated heterocycles. The Balaban J connectivity index is 1.27. The highest BCUT2D eigenvalue weighted by molar-refractivity contribution is 9.10. The molecule has 7 heteroatoms. The van der Waals surface area contributed by atoms with Crippen molar-refractivity contribution < 1.29 is 18.7 Å². The maximum absolute atomic E-state index is 12.6. The molecule has 1 heterocycles. The lowest BCUT2D eigenvalue weighted by Crippen LogP contribution is -2.16. The highest BCUT2D eigenvalue weighted by Gasteiger charge is 2.12. The van der Waals surface area contributed by atoms with Gasteiger partial charge in [-0.05, 0) is 71.8 Å². The number of furan rings is 1. The summed E-state index contributed by atoms with van der Waals surface area (Å²) in [6, 6.07) is 27.2. The Hall–Kier alpha value is -4.10. The summed E-state index contributed by atoms with van der Waals surface area (Å²) in [6.07, 6.45) is 1.55. The second-order valence-corrected chi connectivity index (χ2v) is 9.01. The fourth-order valence-electron chi connectivity index (χ4n) is 3.85. The number of nitrogens with zero attached hydrogens (tertiary/aromatic N) is 1. The van der Waals surface area contributed by atoms with Crippen molar-refractivity contribution in [2.75, 3.05) is 6.61 Å². The van der Waals surface area contributed by atoms with Crippen LogP contribution in [0, 0.1) is 0 Å². The highest BCUT2D eigenvalue weighted by Crippen LogP contribution is 2.25. The van der Waals surface area contributed by atoms with Gasteiger partial charge in [-0.2, -0.15) is 5.10 Å². The molecule has 1 aromatic heterocycles. The molecule has 6 nitrogen and oxygen atoms in total. The van der Waals surface area contributed by atoms with Crippen LogP contribution in [0.1, 0.15) is 28.6 Å². The largest absolute Gasteiger partial charge is 0.494 e. The van der Waals surface area contributed by atoms with Gasteiger partial charge in [0.1, 0.15) is 23.7 Å². The van der Waals surface area contributed by atoms with Crippen LogP contribution in [0.3, 0.4) is 0 Å². The van der Waals surface area contributed by atoms with Crippen LogP contribution in [0.15, 0.2) is 98.9 Å². The van der Waals surface area contributed by atoms with E-state index in [1.807, 2.05) is 49.4 Å². The third-order valence-corrected chi connectivity index (χ3v) is 6.07. The molecule has 0 atom stereocenters. The van der Waals surface area contributed by atoms with Gasteiger partial charge in [0.15, 0.2) is 5.76 Å². The number of carbonyl (C=O) groups is 1. The van der Waals surface area contributed by atoms with Gasteiger partial charge >= 0.3 is 5.91 Å². The fourth-order valence-corrected chi connectivity index (χ4v) is 4.23. The minimum atomic E-state index is -0.450. The molecule has 0 fully saturated rings. The number of fused-ring (bicyclic) bond motifs is 2. The minimum absolute atomic E-state index is 0.165. The second kappa shape index (κ2) is 10.7. The normalized spacial score (nSPS) is 11.3. The van der Waals surface area contributed by atoms with Gasteiger partial charge in [-0.15, -0.1) is 0 Å². The minimum Gasteiger partial charge on any atom is -0.494 e. The molecule has 4 aromatic carbocycles. The molecule has 5 aromatic rings. The Morgan fingerprint density at radius 3 is 2.67 bits per heavy atom. The van der Waals surface area contributed by atoms with E-state index in [2.05, 4.69) is 56.8 Å². The molecule has 5 rings (SSSR count). The lowest BCUT2D eigenvalue weighted by atomic mass is 10.1. The van der Waals surface area contributed by atoms with Crippen molar-refractivity contribution in [2.24, 2.45) is 5.10 Å². The van der Waals surface area contributed by atoms with Crippen LogP contribution in [0.5, 0.6) is 11.5 Å². The summed E-state index contributed by atoms with van der Waals surface area (Å²) < 4.78 is 18.1. The first-order valence-corrected chi connectivity index (χ1v) is 12.3. The zero-order chi connectivity index (χ0) is 24.9. The number of amides is 1. The number of carbonyl (C=O) groups excluding carboxylic acids is 1. The van der Waals surface area contributed by atoms with Gasteiger partial charge in [0.05, 0.1) is 12.8 Å². The van der Waals surface area contributed by atoms with Gasteiger partial charge in [0, 0.05) is 15.4 Å². The van der Waals surface area contributed by atoms with E-state index in [0.717, 1.165) is 26.7 Å². The lowest BCUT2D eigenvalue weighted by Gasteiger charge is -2.10. The molecule has 180 valence electrons. The smallest absolute Gasteiger partial charge is 0.307 e. The molecule has 0 bridgehead atoms. The number of hydrazone groups is 1. The highest BCUT2D eigenvalue weighted by atomic mass is 79.9. The van der Waals surface area contributed by atoms with Crippen LogP contribution in [0.2, 0.25) is 0 Å². The van der Waals surface area contributed by atoms with Crippen molar-refractivity contribution in [2.45, 2.75) is 13.5 Å². The van der Waals surface area contributed by atoms with Gasteiger partial charge < -0.3 is 13.9 Å². The average Bonchev–Trinajstić information content (AvgIpc) is 3.32. The Kier molecular flexibility index (Phi) is 7.00. The fraction of sp³-hybridized carbons (Fsp3) is 0.103. The average molecular weight is 543 g/mol. The molecule has 0 aliphatic heterocycles. The van der Waals surface area contributed by atoms with E-state index in [1.165, 1.54) is 10.8 Å². The summed E-state index contributed by atoms with van der Waals surface area (Å²) in [6.45, 7) is 2.89. The third kappa shape index (κ3) is 5.42. The molecule has 0 aliphatic carbocycles. The number of hydrogen-bond donors (Lipinski definition) is 1. The lowest BCUT2D eigenvalue weighted by molar-refractivity contribution is 0.0929. The van der Waals surface area contributed by atoms with E-state index in [4.69, 9.17) is 13.9 Å². The van der Waals surface area contributed by atoms with Gasteiger partial charge in [-0.3, -0.25) is 4.79 Å². The summed E-state index contributed by atoms with van der Waals surface area (Å²) in [5, 5.41) is 7.26. The van der Waals surface area contributed by atoms with Crippen molar-refractivity contribution in [1.82, 2.24) is 5.43 Å². The van der Waals surface area contributed by atoms with Gasteiger partial charge in [0.2, 0.25) is 0 Å². The van der Waals surface area contributed by atoms with E-state index < -0.39 is 5.91 Å². The first kappa shape index (κ1) is 23.6. The predicted molar refractivity (Wildman–Crippen MR) is 145 cm³/mol. The molecule has 0 spiro atoms. The van der Waals surface area contributed by atoms with Crippen molar-refractivity contribution in [3.8, 4) is 11.5 Å². The summed E-state index contributed by atoms with van der Waals surface area (Å²) in [5.74, 6) is 1.09. The van der Waals surface area contributed by atoms with Gasteiger partial charge in [-0.1, -0.05) is 52.3 Å². The topological polar surface area (TPSA) is 73.1 Å². The van der Waals surface area contributed by atoms with Crippen LogP contribution in [0.25, 0.3) is 21.7 Å². The summed E-state index contributed by atoms with van der Waals surface area (Å²) in [4.78, 5) is 12.6. The molecule has 1 amide bonds. The molecular weight excluding hydrogens is 520 g/mol. The molecular formula is C29H23BrN2O4. The van der Waals surface area contributed by atoms with Crippen molar-refractivity contribution >= 4 is 49.8 Å². The zero-order valence-electron chi connectivity index (χ0n) is 19.5. The molecule has 1 N–H and O–H groups in total. The maximum Gasteiger partial charge on any atom is 0.307 e. The van der Waals surface area contributed by atoms with Crippen LogP contribution in [-0.4, -0.2) is 18.7 Å². The Morgan fingerprint density at radius 1 is 0.944 bits per heavy atom. The van der Waals surface area contributed by atoms with Gasteiger partial charge in [0.25, 0.3) is 0 Å². The van der Waals surface area contributed by atoms with E-state index in [0.29, 0.717) is 24.5 Å². The standard InChI is InChI=1S/C29H23BrN2O4/c1-2-34-25-10-12-27-22(15-25)16-28(36-27)29(33)32-31-17-23-14-24(30)9-11-26(23)35-18-19-7-8-20-5-3-4-6-21(20)13-19/h3-17H,2,18H2,1H3,(H,32,33)/b31-17+. The Morgan fingerprint density at radius 2 is 1.81 bits per heavy atom. The van der Waals surface area contributed by atoms with E-state index >= 15 is 0 Å². The van der Waals surface area contributed by atoms with Crippen LogP contribution >= 0.6 is 15.9 Å². The van der Waals surface area contributed by atoms with Crippen LogP contribution in [0.4, 0.5) is 0 Å². The quantitative estimate of drug-likeness (QED) is 0.168. The SMILES string of the molecule is CCOc1ccc2oc(C(=O)N/N=C/c3cc(Br)ccc3OCc3ccc4ccccc4c3)cc2c1. The molecule has 0 aliphatic rings. The van der Waals surface area contributed by atoms with E-state index in [1.54, 1.807) is 18.3 Å². The first-order valence-electron chi connectivity index (χ1n) is 11.5. The van der Waals surface area contributed by atoms with E-state index in [9.17, 15) is 4.79 Å². The molecule has 0 unspecified atom stereocenters. The molecule has 0 saturated carbocycles. The first-order chi connectivity index (χ1) is 17.6. The summed E-state index contributed by atoms with van der Waals surface area (Å²) in [7, 11) is 0. The summed E-state index contributed by atoms with van der Waals surface area (Å²) in [5.41, 5.74) is 4.90. The number of ether oxygens (including phenoxy) is 2. The summed E-state index contributed by atoms with van der Waals surface area (Å²) >= 11 is 3.48. The van der Waals surface area contributed by atoms with Crippen molar-refractivity contribution in [1.29, 1.82) is 0 Å². The predicted octanol–water partition coefficient (Wildman–Crippen LogP) is 7.09. The second-order valence-electron chi connectivity index (χ2n) is 8.09. The van der Waals surface area contributed by atoms with Crippen molar-refractivity contribution in [3.05, 3.63) is 106 Å². The Labute approximate surface area is 216 Å². The monoisotopic (exact) mass is 542 g/mol. The number of nitrogens with one attached hydrogen (secondary N) is 1. The Bertz CT molecular complexity index is 1570. The van der Waals surface area contributed by atoms with Crippen molar-refractivity contribution in [3.63, 3.8) is 0 Å². The zero-order valence-corrected chi connectivity index (χ0v) is 21.1. The number of benzene rings is 4. The number of halogens is 1. The van der Waals surface area contributed by atoms with Crippen LogP contribution in [-0.2, 0) is 6.61 Å². The maximum atomic E-state index is 12.6. The van der Waals surface area contributed by atoms with Crippen LogP contribution < -0.4 is 14.9 Å². The van der Waals surface area contributed by atoms with Gasteiger partial charge in [-0.25, -0.2) is 5.43 Å².